The van der Waals surface area contributed by atoms with Crippen molar-refractivity contribution in [1.82, 2.24) is 9.84 Å². The van der Waals surface area contributed by atoms with Gasteiger partial charge in [0.05, 0.1) is 25.2 Å². The number of nitrogens with one attached hydrogen (secondary N) is 1. The highest BCUT2D eigenvalue weighted by molar-refractivity contribution is 7.89. The molecular formula is C12H19N3O4S. The predicted octanol–water partition coefficient (Wildman–Crippen LogP) is -0.321. The van der Waals surface area contributed by atoms with Crippen LogP contribution in [0.2, 0.25) is 0 Å². The molecule has 3 N–H and O–H groups in total. The van der Waals surface area contributed by atoms with Crippen LogP contribution in [0.3, 0.4) is 0 Å². The van der Waals surface area contributed by atoms with Crippen LogP contribution in [-0.2, 0) is 21.3 Å². The molecule has 1 aliphatic rings. The maximum Gasteiger partial charge on any atom is 0.253 e. The van der Waals surface area contributed by atoms with Gasteiger partial charge in [-0.05, 0) is 18.2 Å². The molecule has 1 saturated heterocycles. The van der Waals surface area contributed by atoms with Gasteiger partial charge in [0.15, 0.2) is 0 Å². The van der Waals surface area contributed by atoms with Crippen molar-refractivity contribution in [1.29, 1.82) is 0 Å². The lowest BCUT2D eigenvalue weighted by atomic mass is 10.2. The number of hydrogen-bond acceptors (Lipinski definition) is 6. The van der Waals surface area contributed by atoms with E-state index in [1.165, 1.54) is 19.2 Å². The maximum atomic E-state index is 12.3. The van der Waals surface area contributed by atoms with Crippen LogP contribution in [0.5, 0.6) is 5.75 Å². The van der Waals surface area contributed by atoms with Crippen LogP contribution in [0, 0.1) is 0 Å². The highest BCUT2D eigenvalue weighted by Crippen LogP contribution is 2.22. The van der Waals surface area contributed by atoms with Crippen LogP contribution in [0.1, 0.15) is 5.56 Å². The van der Waals surface area contributed by atoms with Crippen molar-refractivity contribution in [2.24, 2.45) is 5.73 Å². The first-order valence-electron chi connectivity index (χ1n) is 6.29. The highest BCUT2D eigenvalue weighted by atomic mass is 32.2. The Kier molecular flexibility index (Phi) is 4.95. The Morgan fingerprint density at radius 3 is 2.70 bits per heavy atom. The van der Waals surface area contributed by atoms with Crippen LogP contribution in [0.15, 0.2) is 23.1 Å². The van der Waals surface area contributed by atoms with E-state index < -0.39 is 10.0 Å². The van der Waals surface area contributed by atoms with Gasteiger partial charge < -0.3 is 15.2 Å². The first kappa shape index (κ1) is 15.2. The lowest BCUT2D eigenvalue weighted by Crippen LogP contribution is -2.48. The second kappa shape index (κ2) is 6.51. The third-order valence-corrected chi connectivity index (χ3v) is 4.42. The van der Waals surface area contributed by atoms with Gasteiger partial charge in [0, 0.05) is 25.2 Å². The molecule has 1 aromatic carbocycles. The predicted molar refractivity (Wildman–Crippen MR) is 73.6 cm³/mol. The van der Waals surface area contributed by atoms with Crippen LogP contribution >= 0.6 is 0 Å². The van der Waals surface area contributed by atoms with E-state index in [9.17, 15) is 8.42 Å². The molecule has 20 heavy (non-hydrogen) atoms. The molecule has 0 aromatic heterocycles. The van der Waals surface area contributed by atoms with Crippen molar-refractivity contribution in [3.05, 3.63) is 23.8 Å². The number of benzene rings is 1. The average Bonchev–Trinajstić information content (AvgIpc) is 2.47. The molecule has 0 aliphatic carbocycles. The largest absolute Gasteiger partial charge is 0.496 e. The molecule has 0 atom stereocenters. The number of nitrogens with two attached hydrogens (primary N) is 1. The fourth-order valence-corrected chi connectivity index (χ4v) is 3.13. The smallest absolute Gasteiger partial charge is 0.253 e. The Morgan fingerprint density at radius 2 is 2.10 bits per heavy atom. The van der Waals surface area contributed by atoms with Gasteiger partial charge in [0.25, 0.3) is 10.0 Å². The topological polar surface area (TPSA) is 93.9 Å². The van der Waals surface area contributed by atoms with E-state index in [0.29, 0.717) is 37.6 Å². The summed E-state index contributed by atoms with van der Waals surface area (Å²) in [5, 5.41) is 1.63. The van der Waals surface area contributed by atoms with Gasteiger partial charge in [0.2, 0.25) is 0 Å². The third-order valence-electron chi connectivity index (χ3n) is 3.04. The molecule has 0 radical (unpaired) electrons. The van der Waals surface area contributed by atoms with Gasteiger partial charge >= 0.3 is 0 Å². The standard InChI is InChI=1S/C12H19N3O4S/c1-18-12-3-2-11(8-10(12)9-13)20(16,17)14-15-4-6-19-7-5-15/h2-3,8,14H,4-7,9,13H2,1H3. The van der Waals surface area contributed by atoms with E-state index in [4.69, 9.17) is 15.2 Å². The minimum atomic E-state index is -3.61. The molecule has 0 bridgehead atoms. The molecule has 0 saturated carbocycles. The van der Waals surface area contributed by atoms with E-state index in [1.54, 1.807) is 11.1 Å². The Balaban J connectivity index is 2.20. The highest BCUT2D eigenvalue weighted by Gasteiger charge is 2.21. The fraction of sp³-hybridized carbons (Fsp3) is 0.500. The van der Waals surface area contributed by atoms with Crippen LogP contribution < -0.4 is 15.3 Å². The Morgan fingerprint density at radius 1 is 1.40 bits per heavy atom. The van der Waals surface area contributed by atoms with Crippen molar-refractivity contribution in [2.45, 2.75) is 11.4 Å². The number of hydrazine groups is 1. The van der Waals surface area contributed by atoms with E-state index in [1.807, 2.05) is 0 Å². The second-order valence-corrected chi connectivity index (χ2v) is 6.03. The van der Waals surface area contributed by atoms with E-state index in [-0.39, 0.29) is 11.4 Å². The van der Waals surface area contributed by atoms with E-state index in [2.05, 4.69) is 4.83 Å². The molecule has 8 heteroatoms. The number of sulfonamides is 1. The minimum absolute atomic E-state index is 0.172. The first-order valence-corrected chi connectivity index (χ1v) is 7.77. The minimum Gasteiger partial charge on any atom is -0.496 e. The molecule has 0 spiro atoms. The lowest BCUT2D eigenvalue weighted by Gasteiger charge is -2.26. The fourth-order valence-electron chi connectivity index (χ4n) is 1.96. The van der Waals surface area contributed by atoms with Gasteiger partial charge in [-0.25, -0.2) is 13.4 Å². The molecular weight excluding hydrogens is 282 g/mol. The number of rotatable bonds is 5. The maximum absolute atomic E-state index is 12.3. The summed E-state index contributed by atoms with van der Waals surface area (Å²) in [6, 6.07) is 4.64. The van der Waals surface area contributed by atoms with Crippen molar-refractivity contribution < 1.29 is 17.9 Å². The van der Waals surface area contributed by atoms with Gasteiger partial charge in [-0.3, -0.25) is 0 Å². The monoisotopic (exact) mass is 301 g/mol. The summed E-state index contributed by atoms with van der Waals surface area (Å²) >= 11 is 0. The molecule has 0 unspecified atom stereocenters. The van der Waals surface area contributed by atoms with Crippen LogP contribution in [-0.4, -0.2) is 46.8 Å². The van der Waals surface area contributed by atoms with Crippen molar-refractivity contribution in [2.75, 3.05) is 33.4 Å². The molecule has 1 aromatic rings. The number of ether oxygens (including phenoxy) is 2. The first-order chi connectivity index (χ1) is 9.56. The number of morpholine rings is 1. The van der Waals surface area contributed by atoms with E-state index in [0.717, 1.165) is 0 Å². The number of hydrogen-bond donors (Lipinski definition) is 2. The van der Waals surface area contributed by atoms with Crippen molar-refractivity contribution in [3.63, 3.8) is 0 Å². The molecule has 1 fully saturated rings. The Bertz CT molecular complexity index is 556. The third kappa shape index (κ3) is 3.47. The van der Waals surface area contributed by atoms with Gasteiger partial charge in [-0.1, -0.05) is 0 Å². The van der Waals surface area contributed by atoms with Crippen LogP contribution in [0.25, 0.3) is 0 Å². The van der Waals surface area contributed by atoms with Crippen molar-refractivity contribution in [3.8, 4) is 5.75 Å². The summed E-state index contributed by atoms with van der Waals surface area (Å²) in [5.41, 5.74) is 6.25. The zero-order valence-electron chi connectivity index (χ0n) is 11.3. The van der Waals surface area contributed by atoms with Crippen LogP contribution in [0.4, 0.5) is 0 Å². The summed E-state index contributed by atoms with van der Waals surface area (Å²) in [4.78, 5) is 2.72. The molecule has 0 amide bonds. The number of methoxy groups -OCH3 is 1. The lowest BCUT2D eigenvalue weighted by molar-refractivity contribution is 0.0272. The average molecular weight is 301 g/mol. The Labute approximate surface area is 118 Å². The summed E-state index contributed by atoms with van der Waals surface area (Å²) in [7, 11) is -2.09. The summed E-state index contributed by atoms with van der Waals surface area (Å²) < 4.78 is 34.9. The number of nitrogens with zero attached hydrogens (tertiary/aromatic N) is 1. The second-order valence-electron chi connectivity index (χ2n) is 4.37. The van der Waals surface area contributed by atoms with Gasteiger partial charge in [-0.2, -0.15) is 0 Å². The quantitative estimate of drug-likeness (QED) is 0.774. The summed E-state index contributed by atoms with van der Waals surface area (Å²) in [5.74, 6) is 0.581. The zero-order chi connectivity index (χ0) is 14.6. The molecule has 112 valence electrons. The van der Waals surface area contributed by atoms with Gasteiger partial charge in [-0.15, -0.1) is 4.83 Å². The SMILES string of the molecule is COc1ccc(S(=O)(=O)NN2CCOCC2)cc1CN. The zero-order valence-corrected chi connectivity index (χ0v) is 12.1. The van der Waals surface area contributed by atoms with Crippen molar-refractivity contribution >= 4 is 10.0 Å². The Hall–Kier alpha value is -1.19. The van der Waals surface area contributed by atoms with Gasteiger partial charge in [0.1, 0.15) is 5.75 Å². The molecule has 1 heterocycles. The summed E-state index contributed by atoms with van der Waals surface area (Å²) in [6.07, 6.45) is 0. The summed E-state index contributed by atoms with van der Waals surface area (Å²) in [6.45, 7) is 2.29. The van der Waals surface area contributed by atoms with E-state index >= 15 is 0 Å². The molecule has 1 aliphatic heterocycles. The molecule has 7 nitrogen and oxygen atoms in total. The normalized spacial score (nSPS) is 17.1. The molecule has 2 rings (SSSR count).